The van der Waals surface area contributed by atoms with Gasteiger partial charge in [-0.15, -0.1) is 0 Å². The van der Waals surface area contributed by atoms with Crippen LogP contribution in [0.5, 0.6) is 0 Å². The number of aromatic nitrogens is 2. The Hall–Kier alpha value is -3.37. The fraction of sp³-hybridized carbons (Fsp3) is 0.441. The number of hydrogen-bond donors (Lipinski definition) is 1. The molecule has 9 nitrogen and oxygen atoms in total. The van der Waals surface area contributed by atoms with Gasteiger partial charge in [-0.05, 0) is 55.2 Å². The molecule has 1 atom stereocenters. The first kappa shape index (κ1) is 44.8. The van der Waals surface area contributed by atoms with Crippen molar-refractivity contribution in [2.75, 3.05) is 32.0 Å². The molecule has 18 heteroatoms. The number of carboxylic acid groups (broad SMARTS) is 1. The van der Waals surface area contributed by atoms with Crippen molar-refractivity contribution in [3.8, 4) is 11.1 Å². The van der Waals surface area contributed by atoms with Crippen LogP contribution in [-0.2, 0) is 47.8 Å². The van der Waals surface area contributed by atoms with Gasteiger partial charge in [0, 0.05) is 7.05 Å². The molecular weight excluding hydrogens is 781 g/mol. The van der Waals surface area contributed by atoms with E-state index < -0.39 is 39.3 Å². The monoisotopic (exact) mass is 819 g/mol. The predicted octanol–water partition coefficient (Wildman–Crippen LogP) is 7.72. The zero-order chi connectivity index (χ0) is 39.9. The number of nitrogens with zero attached hydrogens (tertiary/aromatic N) is 4. The van der Waals surface area contributed by atoms with Crippen LogP contribution in [0.3, 0.4) is 0 Å². The van der Waals surface area contributed by atoms with E-state index in [1.54, 1.807) is 34.0 Å². The van der Waals surface area contributed by atoms with E-state index >= 15 is 0 Å². The van der Waals surface area contributed by atoms with Gasteiger partial charge in [0.2, 0.25) is 0 Å². The van der Waals surface area contributed by atoms with Crippen molar-refractivity contribution in [1.29, 1.82) is 0 Å². The maximum Gasteiger partial charge on any atom is 0.516 e. The van der Waals surface area contributed by atoms with Gasteiger partial charge in [-0.2, -0.15) is 34.1 Å². The third kappa shape index (κ3) is 12.1. The molecule has 0 saturated carbocycles. The molecule has 0 bridgehead atoms. The average Bonchev–Trinajstić information content (AvgIpc) is 3.00. The first-order valence-electron chi connectivity index (χ1n) is 15.5. The largest absolute Gasteiger partial charge is 0.516 e. The number of carbonyl (C=O) groups is 1. The third-order valence-corrected chi connectivity index (χ3v) is 9.76. The van der Waals surface area contributed by atoms with Crippen LogP contribution in [0.2, 0.25) is 5.15 Å². The van der Waals surface area contributed by atoms with E-state index in [9.17, 15) is 44.3 Å². The summed E-state index contributed by atoms with van der Waals surface area (Å²) in [7, 11) is -1.08. The number of carbonyl (C=O) groups excluding carboxylic acids is 1. The number of hydrogen-bond acceptors (Lipinski definition) is 6. The Morgan fingerprint density at radius 3 is 2.10 bits per heavy atom. The number of benzene rings is 1. The zero-order valence-electron chi connectivity index (χ0n) is 29.3. The number of pyridine rings is 2. The number of carboxylic acids is 1. The van der Waals surface area contributed by atoms with Crippen LogP contribution in [-0.4, -0.2) is 73.4 Å². The van der Waals surface area contributed by atoms with Crippen LogP contribution >= 0.6 is 11.6 Å². The van der Waals surface area contributed by atoms with Crippen molar-refractivity contribution in [1.82, 2.24) is 14.5 Å². The van der Waals surface area contributed by atoms with Gasteiger partial charge in [-0.1, -0.05) is 22.9 Å². The van der Waals surface area contributed by atoms with E-state index in [-0.39, 0.29) is 43.7 Å². The molecule has 0 aliphatic heterocycles. The summed E-state index contributed by atoms with van der Waals surface area (Å²) < 4.78 is 104. The van der Waals surface area contributed by atoms with Gasteiger partial charge in [0.1, 0.15) is 5.15 Å². The standard InChI is InChI=1S/C18H17ClF3N2O4S.C16H22F3N2O.Mn/c1-10-6-14(24(3)29(27,28)18(20,21)22)7-11(2)17(10)12-8-13(4-5-16(25)26)23-15(19)9-12;1-12(2)9-14(11-22)21-8-6-15(16(17,18)19)13(10-21)5-7-20(3)4;/h4,6-9H,5H2,1-3H3,(H,25,26);6,10,12,14H,5,7,9H2,1-4H3;/q2*-1;/t;14-;/m.1./s1. The van der Waals surface area contributed by atoms with E-state index in [0.717, 1.165) is 13.1 Å². The Kier molecular flexibility index (Phi) is 15.6. The quantitative estimate of drug-likeness (QED) is 0.0814. The SMILES string of the molecule is CC(C)C[C@H]([C-]=O)n1cc(CCN(C)C)c(C(F)(F)F)c[c]1=[Mn].Cc1cc(N(C)S(=O)(=O)C(F)(F)F)cc(C)c1-c1cc(Cl)nc([CH-]CC(=O)O)c1. The number of sulfonamides is 1. The summed E-state index contributed by atoms with van der Waals surface area (Å²) >= 11 is 9.18. The Morgan fingerprint density at radius 1 is 1.06 bits per heavy atom. The summed E-state index contributed by atoms with van der Waals surface area (Å²) in [6.45, 7) is 7.64. The molecule has 0 aliphatic carbocycles. The molecule has 0 amide bonds. The summed E-state index contributed by atoms with van der Waals surface area (Å²) in [4.78, 5) is 27.9. The number of likely N-dealkylation sites (N-methyl/N-ethyl adjacent to an activating group) is 1. The normalized spacial score (nSPS) is 12.7. The van der Waals surface area contributed by atoms with Crippen molar-refractivity contribution in [3.63, 3.8) is 0 Å². The number of aryl methyl sites for hydroxylation is 2. The fourth-order valence-electron chi connectivity index (χ4n) is 5.13. The van der Waals surface area contributed by atoms with Crippen molar-refractivity contribution >= 4 is 39.6 Å². The first-order chi connectivity index (χ1) is 23.8. The second-order valence-corrected chi connectivity index (χ2v) is 15.5. The second kappa shape index (κ2) is 18.1. The van der Waals surface area contributed by atoms with Crippen LogP contribution in [0.1, 0.15) is 60.7 Å². The number of alkyl halides is 6. The molecule has 0 fully saturated rings. The molecule has 0 aliphatic rings. The van der Waals surface area contributed by atoms with Gasteiger partial charge < -0.3 is 5.11 Å². The van der Waals surface area contributed by atoms with E-state index in [0.29, 0.717) is 40.9 Å². The van der Waals surface area contributed by atoms with Crippen LogP contribution in [0.25, 0.3) is 11.1 Å². The maximum absolute atomic E-state index is 13.3. The Balaban J connectivity index is 0.000000371. The van der Waals surface area contributed by atoms with Gasteiger partial charge in [0.15, 0.2) is 0 Å². The van der Waals surface area contributed by atoms with E-state index in [1.165, 1.54) is 35.4 Å². The van der Waals surface area contributed by atoms with E-state index in [4.69, 9.17) is 16.7 Å². The number of anilines is 1. The minimum atomic E-state index is -5.53. The third-order valence-electron chi connectivity index (χ3n) is 7.57. The van der Waals surface area contributed by atoms with Gasteiger partial charge in [0.25, 0.3) is 5.97 Å². The van der Waals surface area contributed by atoms with Crippen LogP contribution < -0.4 is 4.31 Å². The molecule has 2 aromatic heterocycles. The second-order valence-electron chi connectivity index (χ2n) is 12.5. The Bertz CT molecular complexity index is 1890. The summed E-state index contributed by atoms with van der Waals surface area (Å²) in [5, 5.41) is 8.91. The summed E-state index contributed by atoms with van der Waals surface area (Å²) in [5.41, 5.74) is -3.50. The van der Waals surface area contributed by atoms with E-state index in [1.807, 2.05) is 25.0 Å². The smallest absolute Gasteiger partial charge is 0.482 e. The first-order valence-corrected chi connectivity index (χ1v) is 17.9. The van der Waals surface area contributed by atoms with Gasteiger partial charge in [0.05, 0.1) is 5.69 Å². The number of rotatable bonds is 13. The predicted molar refractivity (Wildman–Crippen MR) is 182 cm³/mol. The molecule has 0 radical (unpaired) electrons. The average molecular weight is 820 g/mol. The molecule has 2 heterocycles. The number of aliphatic carboxylic acids is 1. The molecule has 1 N–H and O–H groups in total. The van der Waals surface area contributed by atoms with Gasteiger partial charge in [-0.25, -0.2) is 0 Å². The minimum absolute atomic E-state index is 0.110. The minimum Gasteiger partial charge on any atom is -0.482 e. The topological polar surface area (TPSA) is 113 Å². The maximum atomic E-state index is 13.3. The molecule has 52 heavy (non-hydrogen) atoms. The van der Waals surface area contributed by atoms with E-state index in [2.05, 4.69) is 20.6 Å². The molecule has 289 valence electrons. The van der Waals surface area contributed by atoms with Gasteiger partial charge >= 0.3 is 158 Å². The summed E-state index contributed by atoms with van der Waals surface area (Å²) in [6, 6.07) is 6.21. The Morgan fingerprint density at radius 2 is 1.63 bits per heavy atom. The van der Waals surface area contributed by atoms with Crippen molar-refractivity contribution in [3.05, 3.63) is 80.2 Å². The zero-order valence-corrected chi connectivity index (χ0v) is 32.1. The molecule has 0 saturated heterocycles. The molecule has 1 aromatic carbocycles. The molecule has 0 spiro atoms. The Labute approximate surface area is 312 Å². The molecule has 3 rings (SSSR count). The van der Waals surface area contributed by atoms with Crippen LogP contribution in [0.15, 0.2) is 36.5 Å². The van der Waals surface area contributed by atoms with Crippen molar-refractivity contribution < 1.29 is 65.0 Å². The summed E-state index contributed by atoms with van der Waals surface area (Å²) in [6.07, 6.45) is 0.815. The fourth-order valence-corrected chi connectivity index (χ4v) is 6.47. The molecule has 3 aromatic rings. The number of halogens is 7. The molecular formula is C34H39ClF6MnN4O5S-2. The van der Waals surface area contributed by atoms with Crippen LogP contribution in [0.4, 0.5) is 32.0 Å². The molecule has 0 unspecified atom stereocenters. The van der Waals surface area contributed by atoms with Gasteiger partial charge in [-0.3, -0.25) is 14.1 Å². The van der Waals surface area contributed by atoms with Crippen molar-refractivity contribution in [2.45, 2.75) is 64.7 Å². The van der Waals surface area contributed by atoms with Crippen LogP contribution in [0, 0.1) is 30.4 Å². The van der Waals surface area contributed by atoms with Crippen molar-refractivity contribution in [2.24, 2.45) is 5.92 Å². The summed E-state index contributed by atoms with van der Waals surface area (Å²) in [5.74, 6) is -0.813.